The Morgan fingerprint density at radius 1 is 1.19 bits per heavy atom. The Morgan fingerprint density at radius 3 is 2.71 bits per heavy atom. The Kier molecular flexibility index (Phi) is 7.15. The molecule has 0 saturated carbocycles. The van der Waals surface area contributed by atoms with Crippen LogP contribution in [0.2, 0.25) is 0 Å². The summed E-state index contributed by atoms with van der Waals surface area (Å²) < 4.78 is 31.0. The van der Waals surface area contributed by atoms with E-state index in [2.05, 4.69) is 23.3 Å². The monoisotopic (exact) mass is 465 g/mol. The molecule has 1 aromatic heterocycles. The molecule has 0 bridgehead atoms. The molecule has 2 aromatic rings. The van der Waals surface area contributed by atoms with Crippen molar-refractivity contribution in [2.24, 2.45) is 0 Å². The highest BCUT2D eigenvalue weighted by atomic mass is 32.2. The lowest BCUT2D eigenvalue weighted by Gasteiger charge is -2.26. The highest BCUT2D eigenvalue weighted by molar-refractivity contribution is 7.99. The number of rotatable bonds is 8. The van der Waals surface area contributed by atoms with Crippen LogP contribution in [0, 0.1) is 4.77 Å². The maximum atomic E-state index is 6.23. The Balaban J connectivity index is 1.66. The van der Waals surface area contributed by atoms with Crippen LogP contribution in [0.3, 0.4) is 0 Å². The smallest absolute Gasteiger partial charge is 0.203 e. The van der Waals surface area contributed by atoms with Gasteiger partial charge in [0, 0.05) is 32.4 Å². The minimum atomic E-state index is -0.471. The highest BCUT2D eigenvalue weighted by Gasteiger charge is 2.46. The van der Waals surface area contributed by atoms with Crippen molar-refractivity contribution in [3.05, 3.63) is 29.2 Å². The first-order valence-corrected chi connectivity index (χ1v) is 11.4. The van der Waals surface area contributed by atoms with E-state index in [4.69, 9.17) is 35.9 Å². The van der Waals surface area contributed by atoms with Crippen LogP contribution in [0.5, 0.6) is 5.75 Å². The fraction of sp³-hybridized carbons (Fsp3) is 0.524. The van der Waals surface area contributed by atoms with Crippen LogP contribution < -0.4 is 10.1 Å². The minimum Gasteiger partial charge on any atom is -0.491 e. The molecule has 0 radical (unpaired) electrons. The number of ether oxygens (including phenoxy) is 5. The van der Waals surface area contributed by atoms with E-state index in [1.165, 1.54) is 0 Å². The number of nitrogens with zero attached hydrogens (tertiary/aromatic N) is 2. The summed E-state index contributed by atoms with van der Waals surface area (Å²) in [5.74, 6) is 1.51. The van der Waals surface area contributed by atoms with Gasteiger partial charge in [0.2, 0.25) is 4.77 Å². The normalized spacial score (nSPS) is 24.4. The number of methoxy groups -OCH3 is 3. The average Bonchev–Trinajstić information content (AvgIpc) is 3.13. The molecule has 4 atom stereocenters. The van der Waals surface area contributed by atoms with Crippen LogP contribution in [0.25, 0.3) is 0 Å². The molecule has 1 unspecified atom stereocenters. The number of hydrogen-bond acceptors (Lipinski definition) is 9. The predicted octanol–water partition coefficient (Wildman–Crippen LogP) is 4.18. The van der Waals surface area contributed by atoms with Crippen molar-refractivity contribution in [2.45, 2.75) is 47.7 Å². The number of fused-ring (bicyclic) bond motifs is 2. The Labute approximate surface area is 191 Å². The van der Waals surface area contributed by atoms with Crippen LogP contribution in [0.15, 0.2) is 34.2 Å². The van der Waals surface area contributed by atoms with Crippen LogP contribution in [-0.2, 0) is 18.9 Å². The van der Waals surface area contributed by atoms with E-state index in [9.17, 15) is 0 Å². The zero-order chi connectivity index (χ0) is 22.0. The van der Waals surface area contributed by atoms with E-state index in [0.29, 0.717) is 23.8 Å². The summed E-state index contributed by atoms with van der Waals surface area (Å²) in [5, 5.41) is 3.40. The molecule has 1 aromatic carbocycles. The Bertz CT molecular complexity index is 986. The molecule has 0 amide bonds. The standard InChI is InChI=1S/C21H27N3O5S2/c1-5-9-28-12-7-6-8-14-16(12)22-19-15(31-14)10-24(21(30)23-19)20-18(27-4)17(26-3)13(29-20)11-25-2/h6-8,10,13,17-18,20H,5,9,11H2,1-4H3,(H,22,23,30)/t13-,17?,18+,20-/m1/s1. The highest BCUT2D eigenvalue weighted by Crippen LogP contribution is 2.47. The summed E-state index contributed by atoms with van der Waals surface area (Å²) in [6, 6.07) is 6.01. The van der Waals surface area contributed by atoms with E-state index < -0.39 is 6.23 Å². The van der Waals surface area contributed by atoms with Gasteiger partial charge in [-0.1, -0.05) is 24.8 Å². The van der Waals surface area contributed by atoms with Crippen molar-refractivity contribution in [2.75, 3.05) is 39.9 Å². The van der Waals surface area contributed by atoms with Crippen LogP contribution in [-0.4, -0.2) is 62.4 Å². The summed E-state index contributed by atoms with van der Waals surface area (Å²) >= 11 is 7.23. The van der Waals surface area contributed by atoms with Gasteiger partial charge in [-0.15, -0.1) is 0 Å². The van der Waals surface area contributed by atoms with E-state index in [0.717, 1.165) is 27.6 Å². The van der Waals surface area contributed by atoms with Gasteiger partial charge < -0.3 is 29.0 Å². The van der Waals surface area contributed by atoms with Crippen molar-refractivity contribution in [1.29, 1.82) is 0 Å². The van der Waals surface area contributed by atoms with E-state index in [1.807, 2.05) is 22.9 Å². The summed E-state index contributed by atoms with van der Waals surface area (Å²) in [4.78, 5) is 6.66. The van der Waals surface area contributed by atoms with E-state index >= 15 is 0 Å². The first kappa shape index (κ1) is 22.5. The molecule has 168 valence electrons. The van der Waals surface area contributed by atoms with Gasteiger partial charge in [-0.2, -0.15) is 0 Å². The molecule has 1 saturated heterocycles. The van der Waals surface area contributed by atoms with Gasteiger partial charge in [0.1, 0.15) is 29.9 Å². The molecular formula is C21H27N3O5S2. The molecule has 2 aliphatic rings. The van der Waals surface area contributed by atoms with E-state index in [1.54, 1.807) is 33.1 Å². The van der Waals surface area contributed by atoms with Crippen LogP contribution in [0.4, 0.5) is 11.5 Å². The molecule has 8 nitrogen and oxygen atoms in total. The summed E-state index contributed by atoms with van der Waals surface area (Å²) in [7, 11) is 4.92. The molecule has 4 rings (SSSR count). The summed E-state index contributed by atoms with van der Waals surface area (Å²) in [6.07, 6.45) is 1.53. The Hall–Kier alpha value is -1.69. The number of aromatic nitrogens is 2. The molecule has 0 aliphatic carbocycles. The topological polar surface area (TPSA) is 76.0 Å². The van der Waals surface area contributed by atoms with Gasteiger partial charge >= 0.3 is 0 Å². The van der Waals surface area contributed by atoms with Crippen molar-refractivity contribution in [3.8, 4) is 5.75 Å². The Morgan fingerprint density at radius 2 is 2.00 bits per heavy atom. The zero-order valence-corrected chi connectivity index (χ0v) is 19.6. The lowest BCUT2D eigenvalue weighted by molar-refractivity contribution is -0.0666. The van der Waals surface area contributed by atoms with Gasteiger partial charge in [-0.25, -0.2) is 4.98 Å². The van der Waals surface area contributed by atoms with Crippen LogP contribution >= 0.6 is 24.0 Å². The molecule has 10 heteroatoms. The predicted molar refractivity (Wildman–Crippen MR) is 120 cm³/mol. The third kappa shape index (κ3) is 4.33. The summed E-state index contributed by atoms with van der Waals surface area (Å²) in [5.41, 5.74) is 0.916. The molecule has 31 heavy (non-hydrogen) atoms. The lowest BCUT2D eigenvalue weighted by Crippen LogP contribution is -2.37. The third-order valence-electron chi connectivity index (χ3n) is 5.27. The lowest BCUT2D eigenvalue weighted by atomic mass is 10.1. The third-order valence-corrected chi connectivity index (χ3v) is 6.65. The fourth-order valence-electron chi connectivity index (χ4n) is 3.85. The second-order valence-corrected chi connectivity index (χ2v) is 8.72. The van der Waals surface area contributed by atoms with Gasteiger partial charge in [0.25, 0.3) is 0 Å². The van der Waals surface area contributed by atoms with Gasteiger partial charge in [0.15, 0.2) is 6.23 Å². The molecule has 1 N–H and O–H groups in total. The second kappa shape index (κ2) is 9.85. The van der Waals surface area contributed by atoms with E-state index in [-0.39, 0.29) is 18.3 Å². The SMILES string of the molecule is CCCOc1cccc2c1Nc1nc(=S)n([C@@H]3O[C@H](COC)C(OC)[C@@H]3OC)cc1S2. The first-order valence-electron chi connectivity index (χ1n) is 10.1. The number of nitrogens with one attached hydrogen (secondary N) is 1. The number of hydrogen-bond donors (Lipinski definition) is 1. The van der Waals surface area contributed by atoms with Crippen molar-refractivity contribution in [1.82, 2.24) is 9.55 Å². The molecular weight excluding hydrogens is 438 g/mol. The van der Waals surface area contributed by atoms with Crippen LogP contribution in [0.1, 0.15) is 19.6 Å². The maximum Gasteiger partial charge on any atom is 0.203 e. The minimum absolute atomic E-state index is 0.271. The number of benzene rings is 1. The van der Waals surface area contributed by atoms with Gasteiger partial charge in [-0.3, -0.25) is 4.57 Å². The fourth-order valence-corrected chi connectivity index (χ4v) is 5.10. The summed E-state index contributed by atoms with van der Waals surface area (Å²) in [6.45, 7) is 3.13. The molecule has 1 fully saturated rings. The number of anilines is 2. The molecule has 2 aliphatic heterocycles. The van der Waals surface area contributed by atoms with Crippen molar-refractivity contribution < 1.29 is 23.7 Å². The van der Waals surface area contributed by atoms with Gasteiger partial charge in [-0.05, 0) is 30.8 Å². The average molecular weight is 466 g/mol. The first-order chi connectivity index (χ1) is 15.1. The quantitative estimate of drug-likeness (QED) is 0.493. The molecule has 0 spiro atoms. The second-order valence-electron chi connectivity index (χ2n) is 7.27. The largest absolute Gasteiger partial charge is 0.491 e. The van der Waals surface area contributed by atoms with Crippen molar-refractivity contribution >= 4 is 35.5 Å². The van der Waals surface area contributed by atoms with Gasteiger partial charge in [0.05, 0.1) is 23.8 Å². The molecule has 3 heterocycles. The maximum absolute atomic E-state index is 6.23. The number of para-hydroxylation sites is 1. The van der Waals surface area contributed by atoms with Crippen molar-refractivity contribution in [3.63, 3.8) is 0 Å². The zero-order valence-electron chi connectivity index (χ0n) is 18.0.